The van der Waals surface area contributed by atoms with Crippen molar-refractivity contribution in [3.05, 3.63) is 69.0 Å². The number of carbonyl (C=O) groups is 1. The van der Waals surface area contributed by atoms with Crippen molar-refractivity contribution in [3.63, 3.8) is 0 Å². The molecular weight excluding hydrogens is 370 g/mol. The van der Waals surface area contributed by atoms with Gasteiger partial charge in [0.2, 0.25) is 0 Å². The van der Waals surface area contributed by atoms with Gasteiger partial charge in [0, 0.05) is 56.5 Å². The number of likely N-dealkylation sites (tertiary alicyclic amines) is 1. The summed E-state index contributed by atoms with van der Waals surface area (Å²) in [5.74, 6) is 1.14. The Morgan fingerprint density at radius 2 is 1.76 bits per heavy atom. The van der Waals surface area contributed by atoms with Gasteiger partial charge in [0.15, 0.2) is 0 Å². The first-order valence-corrected chi connectivity index (χ1v) is 9.70. The Bertz CT molecular complexity index is 1190. The normalized spacial score (nSPS) is 21.0. The zero-order valence-electron chi connectivity index (χ0n) is 16.0. The van der Waals surface area contributed by atoms with Gasteiger partial charge in [-0.1, -0.05) is 24.3 Å². The maximum Gasteiger partial charge on any atom is 0.329 e. The molecular formula is C21H21N5O3. The van der Waals surface area contributed by atoms with Gasteiger partial charge in [-0.05, 0) is 12.1 Å². The van der Waals surface area contributed by atoms with E-state index in [1.807, 2.05) is 40.1 Å². The molecule has 0 spiro atoms. The van der Waals surface area contributed by atoms with Crippen LogP contribution in [0.2, 0.25) is 0 Å². The number of hydrogen-bond acceptors (Lipinski definition) is 5. The van der Waals surface area contributed by atoms with Crippen molar-refractivity contribution < 1.29 is 4.79 Å². The number of aromatic nitrogens is 3. The standard InChI is InChI=1S/C21H21N5O3/c1-24-19(27)8-18(23-21(24)29)25-9-14-11-26(12-15(14)10-25)20(28)17-7-6-13-4-2-3-5-16(13)22-17/h2-8,14-15H,9-12H2,1H3,(H,23,29). The lowest BCUT2D eigenvalue weighted by Gasteiger charge is -2.22. The quantitative estimate of drug-likeness (QED) is 0.699. The van der Waals surface area contributed by atoms with Crippen LogP contribution in [-0.2, 0) is 7.05 Å². The Hall–Kier alpha value is -3.42. The number of benzene rings is 1. The fourth-order valence-electron chi connectivity index (χ4n) is 4.42. The summed E-state index contributed by atoms with van der Waals surface area (Å²) in [6, 6.07) is 12.9. The van der Waals surface area contributed by atoms with E-state index in [-0.39, 0.29) is 11.5 Å². The van der Waals surface area contributed by atoms with Crippen molar-refractivity contribution in [1.82, 2.24) is 19.4 Å². The molecule has 5 rings (SSSR count). The van der Waals surface area contributed by atoms with Crippen LogP contribution in [-0.4, -0.2) is 51.5 Å². The highest BCUT2D eigenvalue weighted by Gasteiger charge is 2.42. The van der Waals surface area contributed by atoms with Gasteiger partial charge >= 0.3 is 5.69 Å². The van der Waals surface area contributed by atoms with Gasteiger partial charge in [0.05, 0.1) is 5.52 Å². The van der Waals surface area contributed by atoms with E-state index in [4.69, 9.17) is 0 Å². The minimum absolute atomic E-state index is 0.0429. The lowest BCUT2D eigenvalue weighted by atomic mass is 10.0. The summed E-state index contributed by atoms with van der Waals surface area (Å²) in [6.07, 6.45) is 0. The van der Waals surface area contributed by atoms with Crippen LogP contribution in [0.3, 0.4) is 0 Å². The van der Waals surface area contributed by atoms with Crippen molar-refractivity contribution in [2.45, 2.75) is 0 Å². The number of para-hydroxylation sites is 1. The molecule has 2 fully saturated rings. The van der Waals surface area contributed by atoms with E-state index in [0.29, 0.717) is 49.5 Å². The van der Waals surface area contributed by atoms with Gasteiger partial charge in [0.1, 0.15) is 11.5 Å². The molecule has 3 aromatic rings. The first-order chi connectivity index (χ1) is 14.0. The largest absolute Gasteiger partial charge is 0.357 e. The van der Waals surface area contributed by atoms with Crippen LogP contribution in [0.1, 0.15) is 10.5 Å². The summed E-state index contributed by atoms with van der Waals surface area (Å²) in [6.45, 7) is 2.73. The van der Waals surface area contributed by atoms with Crippen molar-refractivity contribution in [3.8, 4) is 0 Å². The van der Waals surface area contributed by atoms with Gasteiger partial charge in [-0.25, -0.2) is 9.78 Å². The highest BCUT2D eigenvalue weighted by atomic mass is 16.2. The lowest BCUT2D eigenvalue weighted by Crippen LogP contribution is -2.37. The first kappa shape index (κ1) is 17.7. The minimum atomic E-state index is -0.413. The molecule has 4 heterocycles. The molecule has 29 heavy (non-hydrogen) atoms. The number of H-pyrrole nitrogens is 1. The molecule has 0 bridgehead atoms. The second-order valence-corrected chi connectivity index (χ2v) is 7.88. The van der Waals surface area contributed by atoms with E-state index >= 15 is 0 Å². The molecule has 1 amide bonds. The molecule has 148 valence electrons. The molecule has 2 atom stereocenters. The molecule has 0 saturated carbocycles. The van der Waals surface area contributed by atoms with E-state index in [9.17, 15) is 14.4 Å². The SMILES string of the molecule is Cn1c(=O)cc(N2CC3CN(C(=O)c4ccc5ccccc5n4)CC3C2)[nH]c1=O. The average Bonchev–Trinajstić information content (AvgIpc) is 3.30. The lowest BCUT2D eigenvalue weighted by molar-refractivity contribution is 0.0777. The van der Waals surface area contributed by atoms with E-state index < -0.39 is 5.69 Å². The highest BCUT2D eigenvalue weighted by molar-refractivity contribution is 5.95. The number of pyridine rings is 1. The van der Waals surface area contributed by atoms with E-state index in [2.05, 4.69) is 9.97 Å². The smallest absolute Gasteiger partial charge is 0.329 e. The molecule has 8 heteroatoms. The number of anilines is 1. The predicted octanol–water partition coefficient (Wildman–Crippen LogP) is 0.830. The number of nitrogens with zero attached hydrogens (tertiary/aromatic N) is 4. The maximum absolute atomic E-state index is 13.0. The number of rotatable bonds is 2. The molecule has 2 aliphatic rings. The molecule has 2 aliphatic heterocycles. The molecule has 0 radical (unpaired) electrons. The summed E-state index contributed by atoms with van der Waals surface area (Å²) in [7, 11) is 1.45. The van der Waals surface area contributed by atoms with E-state index in [1.54, 1.807) is 6.07 Å². The van der Waals surface area contributed by atoms with Gasteiger partial charge in [-0.2, -0.15) is 0 Å². The Balaban J connectivity index is 1.31. The Labute approximate surface area is 166 Å². The maximum atomic E-state index is 13.0. The number of fused-ring (bicyclic) bond motifs is 2. The van der Waals surface area contributed by atoms with Gasteiger partial charge in [-0.15, -0.1) is 0 Å². The van der Waals surface area contributed by atoms with Crippen LogP contribution >= 0.6 is 0 Å². The Morgan fingerprint density at radius 1 is 1.03 bits per heavy atom. The second kappa shape index (κ2) is 6.58. The van der Waals surface area contributed by atoms with Crippen LogP contribution < -0.4 is 16.1 Å². The third-order valence-corrected chi connectivity index (χ3v) is 6.06. The Morgan fingerprint density at radius 3 is 2.48 bits per heavy atom. The topological polar surface area (TPSA) is 91.3 Å². The zero-order valence-corrected chi connectivity index (χ0v) is 16.0. The van der Waals surface area contributed by atoms with Crippen LogP contribution in [0.5, 0.6) is 0 Å². The molecule has 1 aromatic carbocycles. The first-order valence-electron chi connectivity index (χ1n) is 9.70. The van der Waals surface area contributed by atoms with E-state index in [0.717, 1.165) is 15.5 Å². The molecule has 2 unspecified atom stereocenters. The molecule has 1 N–H and O–H groups in total. The van der Waals surface area contributed by atoms with Gasteiger partial charge in [-0.3, -0.25) is 19.1 Å². The zero-order chi connectivity index (χ0) is 20.1. The summed E-state index contributed by atoms with van der Waals surface area (Å²) >= 11 is 0. The average molecular weight is 391 g/mol. The summed E-state index contributed by atoms with van der Waals surface area (Å²) < 4.78 is 1.05. The second-order valence-electron chi connectivity index (χ2n) is 7.88. The molecule has 0 aliphatic carbocycles. The summed E-state index contributed by atoms with van der Waals surface area (Å²) in [5.41, 5.74) is 0.554. The van der Waals surface area contributed by atoms with Crippen LogP contribution in [0.25, 0.3) is 10.9 Å². The third kappa shape index (κ3) is 3.00. The number of aromatic amines is 1. The Kier molecular flexibility index (Phi) is 4.01. The predicted molar refractivity (Wildman–Crippen MR) is 109 cm³/mol. The molecule has 8 nitrogen and oxygen atoms in total. The highest BCUT2D eigenvalue weighted by Crippen LogP contribution is 2.33. The fraction of sp³-hybridized carbons (Fsp3) is 0.333. The van der Waals surface area contributed by atoms with Crippen LogP contribution in [0.4, 0.5) is 5.82 Å². The van der Waals surface area contributed by atoms with Crippen molar-refractivity contribution >= 4 is 22.6 Å². The van der Waals surface area contributed by atoms with Crippen LogP contribution in [0.15, 0.2) is 52.1 Å². The minimum Gasteiger partial charge on any atom is -0.357 e. The van der Waals surface area contributed by atoms with Crippen LogP contribution in [0, 0.1) is 11.8 Å². The summed E-state index contributed by atoms with van der Waals surface area (Å²) in [4.78, 5) is 47.9. The van der Waals surface area contributed by atoms with Crippen molar-refractivity contribution in [2.24, 2.45) is 18.9 Å². The number of hydrogen-bond donors (Lipinski definition) is 1. The molecule has 2 aromatic heterocycles. The van der Waals surface area contributed by atoms with E-state index in [1.165, 1.54) is 13.1 Å². The number of carbonyl (C=O) groups excluding carboxylic acids is 1. The monoisotopic (exact) mass is 391 g/mol. The number of amides is 1. The number of nitrogens with one attached hydrogen (secondary N) is 1. The van der Waals surface area contributed by atoms with Crippen molar-refractivity contribution in [1.29, 1.82) is 0 Å². The van der Waals surface area contributed by atoms with Gasteiger partial charge in [0.25, 0.3) is 11.5 Å². The molecule has 2 saturated heterocycles. The van der Waals surface area contributed by atoms with Gasteiger partial charge < -0.3 is 9.80 Å². The third-order valence-electron chi connectivity index (χ3n) is 6.06. The van der Waals surface area contributed by atoms with Crippen molar-refractivity contribution in [2.75, 3.05) is 31.1 Å². The fourth-order valence-corrected chi connectivity index (χ4v) is 4.42. The summed E-state index contributed by atoms with van der Waals surface area (Å²) in [5, 5.41) is 1.01.